The molecule has 94 valence electrons. The Morgan fingerprint density at radius 3 is 2.65 bits per heavy atom. The minimum Gasteiger partial charge on any atom is -0.465 e. The van der Waals surface area contributed by atoms with Crippen molar-refractivity contribution < 1.29 is 22.7 Å². The number of hydrogen-bond donors (Lipinski definition) is 0. The van der Waals surface area contributed by atoms with Gasteiger partial charge in [-0.25, -0.2) is 13.2 Å². The third-order valence-corrected chi connectivity index (χ3v) is 2.71. The molecule has 0 fully saturated rings. The predicted octanol–water partition coefficient (Wildman–Crippen LogP) is 2.97. The summed E-state index contributed by atoms with van der Waals surface area (Å²) in [5.41, 5.74) is -0.211. The van der Waals surface area contributed by atoms with E-state index in [1.807, 2.05) is 0 Å². The highest BCUT2D eigenvalue weighted by atomic mass is 79.9. The van der Waals surface area contributed by atoms with Gasteiger partial charge in [0.2, 0.25) is 0 Å². The fourth-order valence-corrected chi connectivity index (χ4v) is 1.75. The zero-order valence-electron chi connectivity index (χ0n) is 8.97. The van der Waals surface area contributed by atoms with Crippen LogP contribution in [0.2, 0.25) is 0 Å². The van der Waals surface area contributed by atoms with Crippen molar-refractivity contribution in [3.05, 3.63) is 35.1 Å². The molecule has 0 bridgehead atoms. The molecule has 0 aliphatic rings. The summed E-state index contributed by atoms with van der Waals surface area (Å²) in [5, 5.41) is 0. The molecule has 0 spiro atoms. The van der Waals surface area contributed by atoms with E-state index in [1.54, 1.807) is 6.92 Å². The Morgan fingerprint density at radius 2 is 2.06 bits per heavy atom. The maximum Gasteiger partial charge on any atom is 0.320 e. The Morgan fingerprint density at radius 1 is 1.41 bits per heavy atom. The fraction of sp³-hybridized carbons (Fsp3) is 0.364. The van der Waals surface area contributed by atoms with E-state index in [-0.39, 0.29) is 18.6 Å². The molecule has 1 aromatic rings. The van der Waals surface area contributed by atoms with Crippen LogP contribution in [-0.4, -0.2) is 17.4 Å². The smallest absolute Gasteiger partial charge is 0.320 e. The van der Waals surface area contributed by atoms with E-state index < -0.39 is 28.2 Å². The van der Waals surface area contributed by atoms with Gasteiger partial charge in [0.05, 0.1) is 6.61 Å². The fourth-order valence-electron chi connectivity index (χ4n) is 1.27. The van der Waals surface area contributed by atoms with E-state index in [2.05, 4.69) is 20.7 Å². The zero-order chi connectivity index (χ0) is 13.0. The van der Waals surface area contributed by atoms with E-state index in [0.717, 1.165) is 6.07 Å². The van der Waals surface area contributed by atoms with Crippen molar-refractivity contribution in [1.29, 1.82) is 0 Å². The second kappa shape index (κ2) is 6.05. The molecule has 1 rings (SSSR count). The first kappa shape index (κ1) is 14.0. The van der Waals surface area contributed by atoms with E-state index >= 15 is 0 Å². The lowest BCUT2D eigenvalue weighted by molar-refractivity contribution is -0.142. The number of rotatable bonds is 4. The van der Waals surface area contributed by atoms with Crippen LogP contribution in [0.3, 0.4) is 0 Å². The number of benzene rings is 1. The second-order valence-corrected chi connectivity index (χ2v) is 4.39. The lowest BCUT2D eigenvalue weighted by Gasteiger charge is -2.10. The molecule has 0 N–H and O–H groups in total. The molecular weight excluding hydrogens is 301 g/mol. The molecule has 0 aliphatic carbocycles. The first-order valence-corrected chi connectivity index (χ1v) is 5.81. The predicted molar refractivity (Wildman–Crippen MR) is 59.4 cm³/mol. The highest BCUT2D eigenvalue weighted by Crippen LogP contribution is 2.19. The van der Waals surface area contributed by atoms with E-state index in [1.165, 1.54) is 0 Å². The topological polar surface area (TPSA) is 26.3 Å². The van der Waals surface area contributed by atoms with Crippen LogP contribution in [0.4, 0.5) is 13.2 Å². The van der Waals surface area contributed by atoms with Gasteiger partial charge in [0.15, 0.2) is 11.6 Å². The molecule has 17 heavy (non-hydrogen) atoms. The van der Waals surface area contributed by atoms with Crippen molar-refractivity contribution in [3.8, 4) is 0 Å². The lowest BCUT2D eigenvalue weighted by atomic mass is 10.1. The molecule has 0 saturated heterocycles. The van der Waals surface area contributed by atoms with Crippen LogP contribution in [0.5, 0.6) is 0 Å². The van der Waals surface area contributed by atoms with Crippen molar-refractivity contribution in [2.75, 3.05) is 6.61 Å². The highest BCUT2D eigenvalue weighted by Gasteiger charge is 2.20. The van der Waals surface area contributed by atoms with Gasteiger partial charge in [-0.2, -0.15) is 0 Å². The first-order chi connectivity index (χ1) is 7.95. The normalized spacial score (nSPS) is 12.3. The van der Waals surface area contributed by atoms with Crippen molar-refractivity contribution >= 4 is 21.9 Å². The van der Waals surface area contributed by atoms with Crippen LogP contribution in [0.25, 0.3) is 0 Å². The van der Waals surface area contributed by atoms with E-state index in [9.17, 15) is 18.0 Å². The summed E-state index contributed by atoms with van der Waals surface area (Å²) in [7, 11) is 0. The van der Waals surface area contributed by atoms with Gasteiger partial charge >= 0.3 is 5.97 Å². The Balaban J connectivity index is 2.84. The van der Waals surface area contributed by atoms with Gasteiger partial charge in [-0.15, -0.1) is 0 Å². The van der Waals surface area contributed by atoms with Crippen LogP contribution < -0.4 is 0 Å². The molecule has 2 nitrogen and oxygen atoms in total. The molecule has 6 heteroatoms. The van der Waals surface area contributed by atoms with Gasteiger partial charge in [0.1, 0.15) is 10.6 Å². The Bertz CT molecular complexity index is 423. The van der Waals surface area contributed by atoms with Crippen LogP contribution in [0.1, 0.15) is 12.5 Å². The number of carbonyl (C=O) groups is 1. The summed E-state index contributed by atoms with van der Waals surface area (Å²) >= 11 is 2.98. The molecule has 0 aromatic heterocycles. The molecule has 0 amide bonds. The third-order valence-electron chi connectivity index (χ3n) is 2.01. The SMILES string of the molecule is CCOC(=O)C(Br)Cc1cc(F)cc(F)c1F. The van der Waals surface area contributed by atoms with Crippen LogP contribution in [0, 0.1) is 17.5 Å². The molecule has 0 saturated carbocycles. The second-order valence-electron chi connectivity index (χ2n) is 3.28. The average Bonchev–Trinajstić information content (AvgIpc) is 2.25. The average molecular weight is 311 g/mol. The van der Waals surface area contributed by atoms with Gasteiger partial charge < -0.3 is 4.74 Å². The molecule has 1 aromatic carbocycles. The summed E-state index contributed by atoms with van der Waals surface area (Å²) in [6, 6.07) is 1.30. The zero-order valence-corrected chi connectivity index (χ0v) is 10.6. The molecule has 0 heterocycles. The van der Waals surface area contributed by atoms with Crippen molar-refractivity contribution in [2.24, 2.45) is 0 Å². The summed E-state index contributed by atoms with van der Waals surface area (Å²) in [6.07, 6.45) is -0.181. The molecule has 0 radical (unpaired) electrons. The van der Waals surface area contributed by atoms with Crippen LogP contribution in [0.15, 0.2) is 12.1 Å². The van der Waals surface area contributed by atoms with Crippen LogP contribution >= 0.6 is 15.9 Å². The summed E-state index contributed by atoms with van der Waals surface area (Å²) in [6.45, 7) is 1.81. The minimum atomic E-state index is -1.27. The summed E-state index contributed by atoms with van der Waals surface area (Å²) in [5.74, 6) is -3.91. The number of alkyl halides is 1. The maximum atomic E-state index is 13.3. The summed E-state index contributed by atoms with van der Waals surface area (Å²) < 4.78 is 43.7. The quantitative estimate of drug-likeness (QED) is 0.485. The highest BCUT2D eigenvalue weighted by molar-refractivity contribution is 9.10. The third kappa shape index (κ3) is 3.73. The van der Waals surface area contributed by atoms with Crippen molar-refractivity contribution in [1.82, 2.24) is 0 Å². The molecular formula is C11H10BrF3O2. The summed E-state index contributed by atoms with van der Waals surface area (Å²) in [4.78, 5) is 10.4. The van der Waals surface area contributed by atoms with Gasteiger partial charge in [-0.05, 0) is 25.0 Å². The lowest BCUT2D eigenvalue weighted by Crippen LogP contribution is -2.20. The standard InChI is InChI=1S/C11H10BrF3O2/c1-2-17-11(16)8(12)4-6-3-7(13)5-9(14)10(6)15/h3,5,8H,2,4H2,1H3. The maximum absolute atomic E-state index is 13.3. The first-order valence-electron chi connectivity index (χ1n) is 4.89. The van der Waals surface area contributed by atoms with Crippen LogP contribution in [-0.2, 0) is 16.0 Å². The number of halogens is 4. The number of carbonyl (C=O) groups excluding carboxylic acids is 1. The number of esters is 1. The Labute approximate surface area is 105 Å². The Kier molecular flexibility index (Phi) is 4.99. The molecule has 1 atom stereocenters. The van der Waals surface area contributed by atoms with E-state index in [4.69, 9.17) is 0 Å². The molecule has 0 aliphatic heterocycles. The van der Waals surface area contributed by atoms with Crippen molar-refractivity contribution in [3.63, 3.8) is 0 Å². The van der Waals surface area contributed by atoms with Gasteiger partial charge in [-0.3, -0.25) is 4.79 Å². The van der Waals surface area contributed by atoms with Gasteiger partial charge in [0, 0.05) is 6.07 Å². The van der Waals surface area contributed by atoms with E-state index in [0.29, 0.717) is 6.07 Å². The Hall–Kier alpha value is -1.04. The van der Waals surface area contributed by atoms with Gasteiger partial charge in [0.25, 0.3) is 0 Å². The number of hydrogen-bond acceptors (Lipinski definition) is 2. The monoisotopic (exact) mass is 310 g/mol. The minimum absolute atomic E-state index is 0.181. The van der Waals surface area contributed by atoms with Crippen molar-refractivity contribution in [2.45, 2.75) is 18.2 Å². The molecule has 1 unspecified atom stereocenters. The number of ether oxygens (including phenoxy) is 1. The van der Waals surface area contributed by atoms with Gasteiger partial charge in [-0.1, -0.05) is 15.9 Å². The largest absolute Gasteiger partial charge is 0.465 e.